The van der Waals surface area contributed by atoms with Gasteiger partial charge < -0.3 is 23.7 Å². The standard InChI is InChI=1S/C40H35NO7/c1-27(42)47-23-21-46-22-24-48-35-17-11-31(12-18-35)40(43)30-7-5-28(6-8-30)36-19-13-32(25-38(36)44-3)33-14-20-37(39(26-33)45-4)29-9-15-34(41-2)16-10-29/h5-20,25-26H,21-24H2,1,3-4H3. The molecule has 0 heterocycles. The van der Waals surface area contributed by atoms with Crippen LogP contribution in [0.4, 0.5) is 5.69 Å². The Kier molecular flexibility index (Phi) is 11.2. The molecule has 0 saturated heterocycles. The van der Waals surface area contributed by atoms with Gasteiger partial charge in [0, 0.05) is 29.2 Å². The number of methoxy groups -OCH3 is 2. The van der Waals surface area contributed by atoms with Gasteiger partial charge in [-0.25, -0.2) is 4.85 Å². The van der Waals surface area contributed by atoms with Gasteiger partial charge in [0.05, 0.1) is 34.0 Å². The summed E-state index contributed by atoms with van der Waals surface area (Å²) in [4.78, 5) is 27.4. The number of ether oxygens (including phenoxy) is 5. The molecule has 0 fully saturated rings. The van der Waals surface area contributed by atoms with Crippen LogP contribution in [0.5, 0.6) is 17.2 Å². The van der Waals surface area contributed by atoms with E-state index in [1.807, 2.05) is 72.8 Å². The molecule has 8 nitrogen and oxygen atoms in total. The fraction of sp³-hybridized carbons (Fsp3) is 0.175. The minimum Gasteiger partial charge on any atom is -0.496 e. The van der Waals surface area contributed by atoms with E-state index in [4.69, 9.17) is 30.3 Å². The van der Waals surface area contributed by atoms with E-state index in [-0.39, 0.29) is 18.4 Å². The fourth-order valence-corrected chi connectivity index (χ4v) is 5.17. The van der Waals surface area contributed by atoms with Crippen LogP contribution in [0.1, 0.15) is 22.8 Å². The molecule has 48 heavy (non-hydrogen) atoms. The van der Waals surface area contributed by atoms with Gasteiger partial charge in [-0.3, -0.25) is 9.59 Å². The number of hydrogen-bond acceptors (Lipinski definition) is 7. The second-order valence-corrected chi connectivity index (χ2v) is 10.7. The molecule has 0 aliphatic carbocycles. The number of esters is 1. The van der Waals surface area contributed by atoms with E-state index in [0.717, 1.165) is 39.1 Å². The summed E-state index contributed by atoms with van der Waals surface area (Å²) in [5.41, 5.74) is 7.39. The summed E-state index contributed by atoms with van der Waals surface area (Å²) in [5.74, 6) is 1.63. The highest BCUT2D eigenvalue weighted by Gasteiger charge is 2.14. The first-order valence-corrected chi connectivity index (χ1v) is 15.3. The largest absolute Gasteiger partial charge is 0.496 e. The molecule has 0 radical (unpaired) electrons. The lowest BCUT2D eigenvalue weighted by Crippen LogP contribution is -2.12. The number of carbonyl (C=O) groups is 2. The normalized spacial score (nSPS) is 10.5. The van der Waals surface area contributed by atoms with Crippen molar-refractivity contribution in [3.8, 4) is 50.6 Å². The summed E-state index contributed by atoms with van der Waals surface area (Å²) in [6, 6.07) is 34.0. The fourth-order valence-electron chi connectivity index (χ4n) is 5.17. The maximum absolute atomic E-state index is 13.2. The number of ketones is 1. The van der Waals surface area contributed by atoms with E-state index in [2.05, 4.69) is 4.85 Å². The second kappa shape index (κ2) is 16.1. The summed E-state index contributed by atoms with van der Waals surface area (Å²) in [7, 11) is 3.29. The van der Waals surface area contributed by atoms with Gasteiger partial charge in [-0.15, -0.1) is 0 Å². The molecule has 5 aromatic rings. The van der Waals surface area contributed by atoms with Gasteiger partial charge in [0.25, 0.3) is 0 Å². The van der Waals surface area contributed by atoms with E-state index in [1.165, 1.54) is 6.92 Å². The van der Waals surface area contributed by atoms with Gasteiger partial charge in [-0.2, -0.15) is 0 Å². The zero-order valence-electron chi connectivity index (χ0n) is 27.0. The van der Waals surface area contributed by atoms with Crippen molar-refractivity contribution in [2.45, 2.75) is 6.92 Å². The van der Waals surface area contributed by atoms with Crippen molar-refractivity contribution < 1.29 is 33.3 Å². The molecule has 5 aromatic carbocycles. The van der Waals surface area contributed by atoms with Crippen molar-refractivity contribution in [1.82, 2.24) is 0 Å². The maximum Gasteiger partial charge on any atom is 0.302 e. The lowest BCUT2D eigenvalue weighted by molar-refractivity contribution is -0.142. The minimum absolute atomic E-state index is 0.0936. The van der Waals surface area contributed by atoms with Gasteiger partial charge in [-0.1, -0.05) is 72.8 Å². The van der Waals surface area contributed by atoms with Crippen LogP contribution in [0.2, 0.25) is 0 Å². The number of benzene rings is 5. The zero-order chi connectivity index (χ0) is 33.9. The molecule has 0 amide bonds. The number of nitrogens with zero attached hydrogens (tertiary/aromatic N) is 1. The van der Waals surface area contributed by atoms with E-state index in [0.29, 0.717) is 48.1 Å². The predicted molar refractivity (Wildman–Crippen MR) is 185 cm³/mol. The molecule has 8 heteroatoms. The topological polar surface area (TPSA) is 84.7 Å². The first-order chi connectivity index (χ1) is 23.4. The van der Waals surface area contributed by atoms with Gasteiger partial charge in [0.2, 0.25) is 0 Å². The van der Waals surface area contributed by atoms with E-state index < -0.39 is 0 Å². The highest BCUT2D eigenvalue weighted by Crippen LogP contribution is 2.38. The van der Waals surface area contributed by atoms with Crippen LogP contribution in [0.25, 0.3) is 38.2 Å². The summed E-state index contributed by atoms with van der Waals surface area (Å²) in [6.45, 7) is 9.75. The SMILES string of the molecule is [C-]#[N+]c1ccc(-c2ccc(-c3ccc(-c4ccc(C(=O)c5ccc(OCCOCCOC(C)=O)cc5)cc4)c(OC)c3)cc2OC)cc1. The van der Waals surface area contributed by atoms with Crippen molar-refractivity contribution in [3.63, 3.8) is 0 Å². The van der Waals surface area contributed by atoms with Gasteiger partial charge >= 0.3 is 5.97 Å². The zero-order valence-corrected chi connectivity index (χ0v) is 27.0. The smallest absolute Gasteiger partial charge is 0.302 e. The van der Waals surface area contributed by atoms with Crippen LogP contribution >= 0.6 is 0 Å². The monoisotopic (exact) mass is 641 g/mol. The maximum atomic E-state index is 13.2. The lowest BCUT2D eigenvalue weighted by Gasteiger charge is -2.14. The van der Waals surface area contributed by atoms with Gasteiger partial charge in [0.15, 0.2) is 11.5 Å². The molecule has 242 valence electrons. The van der Waals surface area contributed by atoms with Crippen LogP contribution in [0.15, 0.2) is 109 Å². The van der Waals surface area contributed by atoms with Crippen molar-refractivity contribution >= 4 is 17.4 Å². The van der Waals surface area contributed by atoms with Crippen LogP contribution in [-0.4, -0.2) is 52.4 Å². The Bertz CT molecular complexity index is 1910. The summed E-state index contributed by atoms with van der Waals surface area (Å²) >= 11 is 0. The Morgan fingerprint density at radius 1 is 0.604 bits per heavy atom. The van der Waals surface area contributed by atoms with Gasteiger partial charge in [0.1, 0.15) is 30.5 Å². The molecule has 0 N–H and O–H groups in total. The Morgan fingerprint density at radius 2 is 1.08 bits per heavy atom. The number of rotatable bonds is 14. The summed E-state index contributed by atoms with van der Waals surface area (Å²) in [5, 5.41) is 0. The van der Waals surface area contributed by atoms with Crippen molar-refractivity contribution in [2.75, 3.05) is 40.6 Å². The van der Waals surface area contributed by atoms with E-state index >= 15 is 0 Å². The second-order valence-electron chi connectivity index (χ2n) is 10.7. The summed E-state index contributed by atoms with van der Waals surface area (Å²) < 4.78 is 27.4. The molecule has 0 bridgehead atoms. The van der Waals surface area contributed by atoms with Crippen molar-refractivity contribution in [2.24, 2.45) is 0 Å². The molecule has 0 unspecified atom stereocenters. The average molecular weight is 642 g/mol. The molecule has 0 aliphatic heterocycles. The molecule has 5 rings (SSSR count). The Labute approximate surface area is 280 Å². The van der Waals surface area contributed by atoms with Crippen LogP contribution in [0, 0.1) is 6.57 Å². The Balaban J connectivity index is 1.24. The molecular weight excluding hydrogens is 606 g/mol. The van der Waals surface area contributed by atoms with E-state index in [9.17, 15) is 9.59 Å². The third-order valence-corrected chi connectivity index (χ3v) is 7.65. The van der Waals surface area contributed by atoms with Crippen LogP contribution < -0.4 is 14.2 Å². The van der Waals surface area contributed by atoms with Crippen LogP contribution in [0.3, 0.4) is 0 Å². The molecule has 0 atom stereocenters. The Morgan fingerprint density at radius 3 is 1.58 bits per heavy atom. The lowest BCUT2D eigenvalue weighted by atomic mass is 9.95. The van der Waals surface area contributed by atoms with E-state index in [1.54, 1.807) is 50.6 Å². The molecule has 0 aromatic heterocycles. The summed E-state index contributed by atoms with van der Waals surface area (Å²) in [6.07, 6.45) is 0. The van der Waals surface area contributed by atoms with Crippen molar-refractivity contribution in [3.05, 3.63) is 132 Å². The molecule has 0 spiro atoms. The highest BCUT2D eigenvalue weighted by atomic mass is 16.6. The number of carbonyl (C=O) groups excluding carboxylic acids is 2. The average Bonchev–Trinajstić information content (AvgIpc) is 3.14. The number of hydrogen-bond donors (Lipinski definition) is 0. The molecule has 0 saturated carbocycles. The first-order valence-electron chi connectivity index (χ1n) is 15.3. The Hall–Kier alpha value is -5.91. The first kappa shape index (κ1) is 33.5. The van der Waals surface area contributed by atoms with Crippen molar-refractivity contribution in [1.29, 1.82) is 0 Å². The molecular formula is C40H35NO7. The van der Waals surface area contributed by atoms with Crippen LogP contribution in [-0.2, 0) is 14.3 Å². The van der Waals surface area contributed by atoms with Gasteiger partial charge in [-0.05, 0) is 58.7 Å². The third kappa shape index (κ3) is 8.27. The highest BCUT2D eigenvalue weighted by molar-refractivity contribution is 6.09. The quantitative estimate of drug-likeness (QED) is 0.0521. The molecule has 0 aliphatic rings. The minimum atomic E-state index is -0.338. The third-order valence-electron chi connectivity index (χ3n) is 7.65. The predicted octanol–water partition coefficient (Wildman–Crippen LogP) is 8.45.